The van der Waals surface area contributed by atoms with Crippen molar-refractivity contribution in [1.82, 2.24) is 5.32 Å². The van der Waals surface area contributed by atoms with E-state index in [1.807, 2.05) is 81.4 Å². The Morgan fingerprint density at radius 3 is 2.00 bits per heavy atom. The minimum Gasteiger partial charge on any atom is -0.494 e. The molecule has 0 aliphatic carbocycles. The Balaban J connectivity index is 1.48. The first-order valence-electron chi connectivity index (χ1n) is 14.8. The molecule has 0 fully saturated rings. The van der Waals surface area contributed by atoms with E-state index in [1.54, 1.807) is 48.5 Å². The molecule has 0 bridgehead atoms. The van der Waals surface area contributed by atoms with Gasteiger partial charge in [-0.1, -0.05) is 43.3 Å². The molecular formula is C36H37N3O5S. The monoisotopic (exact) mass is 623 g/mol. The van der Waals surface area contributed by atoms with Crippen LogP contribution in [0, 0.1) is 0 Å². The average molecular weight is 624 g/mol. The van der Waals surface area contributed by atoms with Crippen molar-refractivity contribution in [3.8, 4) is 11.5 Å². The predicted octanol–water partition coefficient (Wildman–Crippen LogP) is 7.40. The highest BCUT2D eigenvalue weighted by atomic mass is 32.2. The maximum absolute atomic E-state index is 13.5. The first kappa shape index (κ1) is 32.9. The average Bonchev–Trinajstić information content (AvgIpc) is 3.06. The number of hydrogen-bond acceptors (Lipinski definition) is 6. The number of anilines is 2. The highest BCUT2D eigenvalue weighted by Gasteiger charge is 2.19. The van der Waals surface area contributed by atoms with E-state index in [2.05, 4.69) is 16.0 Å². The summed E-state index contributed by atoms with van der Waals surface area (Å²) in [5.41, 5.74) is 2.43. The Bertz CT molecular complexity index is 1610. The lowest BCUT2D eigenvalue weighted by Crippen LogP contribution is -2.30. The van der Waals surface area contributed by atoms with Gasteiger partial charge < -0.3 is 25.4 Å². The quantitative estimate of drug-likeness (QED) is 0.0999. The Labute approximate surface area is 268 Å². The summed E-state index contributed by atoms with van der Waals surface area (Å²) in [5.74, 6) is 0.437. The molecule has 4 aromatic carbocycles. The Morgan fingerprint density at radius 1 is 0.733 bits per heavy atom. The van der Waals surface area contributed by atoms with Crippen LogP contribution in [-0.2, 0) is 9.59 Å². The number of carbonyl (C=O) groups is 3. The summed E-state index contributed by atoms with van der Waals surface area (Å²) in [4.78, 5) is 40.4. The first-order chi connectivity index (χ1) is 21.9. The lowest BCUT2D eigenvalue weighted by atomic mass is 10.1. The summed E-state index contributed by atoms with van der Waals surface area (Å²) in [7, 11) is 0. The summed E-state index contributed by atoms with van der Waals surface area (Å²) in [5, 5.41) is 8.26. The van der Waals surface area contributed by atoms with Crippen molar-refractivity contribution in [3.05, 3.63) is 120 Å². The van der Waals surface area contributed by atoms with Crippen LogP contribution in [0.15, 0.2) is 114 Å². The zero-order chi connectivity index (χ0) is 32.0. The fourth-order valence-electron chi connectivity index (χ4n) is 4.29. The fraction of sp³-hybridized carbons (Fsp3) is 0.194. The summed E-state index contributed by atoms with van der Waals surface area (Å²) in [6.45, 7) is 6.89. The molecule has 9 heteroatoms. The summed E-state index contributed by atoms with van der Waals surface area (Å²) >= 11 is 1.41. The second-order valence-electron chi connectivity index (χ2n) is 9.82. The molecule has 45 heavy (non-hydrogen) atoms. The molecule has 0 saturated heterocycles. The molecule has 4 rings (SSSR count). The Morgan fingerprint density at radius 2 is 1.38 bits per heavy atom. The van der Waals surface area contributed by atoms with Gasteiger partial charge in [-0.15, -0.1) is 11.8 Å². The SMILES string of the molecule is CCOc1ccc(/C=C(/NC(=O)c2ccccc2)C(=O)Nc2cccc(SC(CC)C(=O)Nc3ccc(OCC)cc3)c2)cc1. The van der Waals surface area contributed by atoms with Crippen LogP contribution < -0.4 is 25.4 Å². The summed E-state index contributed by atoms with van der Waals surface area (Å²) < 4.78 is 11.0. The van der Waals surface area contributed by atoms with Crippen molar-refractivity contribution in [1.29, 1.82) is 0 Å². The van der Waals surface area contributed by atoms with Crippen molar-refractivity contribution in [2.24, 2.45) is 0 Å². The van der Waals surface area contributed by atoms with Gasteiger partial charge in [-0.3, -0.25) is 14.4 Å². The molecule has 0 saturated carbocycles. The fourth-order valence-corrected chi connectivity index (χ4v) is 5.31. The zero-order valence-corrected chi connectivity index (χ0v) is 26.4. The molecule has 0 spiro atoms. The molecule has 0 aromatic heterocycles. The van der Waals surface area contributed by atoms with Crippen LogP contribution >= 0.6 is 11.8 Å². The van der Waals surface area contributed by atoms with Gasteiger partial charge in [0.2, 0.25) is 5.91 Å². The zero-order valence-electron chi connectivity index (χ0n) is 25.5. The largest absolute Gasteiger partial charge is 0.494 e. The number of thioether (sulfide) groups is 1. The third-order valence-corrected chi connectivity index (χ3v) is 7.86. The van der Waals surface area contributed by atoms with E-state index >= 15 is 0 Å². The molecular weight excluding hydrogens is 586 g/mol. The maximum Gasteiger partial charge on any atom is 0.272 e. The van der Waals surface area contributed by atoms with Crippen LogP contribution in [0.2, 0.25) is 0 Å². The Kier molecular flexibility index (Phi) is 12.2. The van der Waals surface area contributed by atoms with E-state index in [0.717, 1.165) is 10.6 Å². The van der Waals surface area contributed by atoms with Gasteiger partial charge >= 0.3 is 0 Å². The molecule has 232 valence electrons. The molecule has 0 aliphatic rings. The third kappa shape index (κ3) is 10.0. The number of rotatable bonds is 14. The van der Waals surface area contributed by atoms with Gasteiger partial charge in [-0.25, -0.2) is 0 Å². The third-order valence-electron chi connectivity index (χ3n) is 6.50. The van der Waals surface area contributed by atoms with Gasteiger partial charge in [-0.2, -0.15) is 0 Å². The minimum absolute atomic E-state index is 0.0761. The van der Waals surface area contributed by atoms with E-state index in [0.29, 0.717) is 47.9 Å². The summed E-state index contributed by atoms with van der Waals surface area (Å²) in [6.07, 6.45) is 2.22. The van der Waals surface area contributed by atoms with Gasteiger partial charge in [0.25, 0.3) is 11.8 Å². The topological polar surface area (TPSA) is 106 Å². The van der Waals surface area contributed by atoms with Crippen LogP contribution in [0.25, 0.3) is 6.08 Å². The second kappa shape index (κ2) is 16.7. The molecule has 3 N–H and O–H groups in total. The number of carbonyl (C=O) groups excluding carboxylic acids is 3. The van der Waals surface area contributed by atoms with Crippen molar-refractivity contribution < 1.29 is 23.9 Å². The van der Waals surface area contributed by atoms with Gasteiger partial charge in [0.15, 0.2) is 0 Å². The standard InChI is InChI=1S/C36H37N3O5S/c1-4-33(36(42)37-27-17-21-30(22-18-27)44-6-3)45-31-14-10-13-28(24-31)38-35(41)32(39-34(40)26-11-8-7-9-12-26)23-25-15-19-29(20-16-25)43-5-2/h7-24,33H,4-6H2,1-3H3,(H,37,42)(H,38,41)(H,39,40)/b32-23+. The van der Waals surface area contributed by atoms with E-state index in [9.17, 15) is 14.4 Å². The molecule has 4 aromatic rings. The van der Waals surface area contributed by atoms with Gasteiger partial charge in [0, 0.05) is 21.8 Å². The van der Waals surface area contributed by atoms with Gasteiger partial charge in [0.05, 0.1) is 18.5 Å². The molecule has 1 unspecified atom stereocenters. The van der Waals surface area contributed by atoms with Crippen LogP contribution in [0.4, 0.5) is 11.4 Å². The molecule has 1 atom stereocenters. The molecule has 0 heterocycles. The highest BCUT2D eigenvalue weighted by molar-refractivity contribution is 8.00. The number of nitrogens with one attached hydrogen (secondary N) is 3. The normalized spacial score (nSPS) is 11.7. The van der Waals surface area contributed by atoms with Crippen molar-refractivity contribution in [3.63, 3.8) is 0 Å². The second-order valence-corrected chi connectivity index (χ2v) is 11.1. The molecule has 0 radical (unpaired) electrons. The van der Waals surface area contributed by atoms with Crippen LogP contribution in [-0.4, -0.2) is 36.2 Å². The van der Waals surface area contributed by atoms with E-state index in [-0.39, 0.29) is 16.9 Å². The van der Waals surface area contributed by atoms with Gasteiger partial charge in [-0.05, 0) is 98.6 Å². The van der Waals surface area contributed by atoms with E-state index in [1.165, 1.54) is 11.8 Å². The molecule has 3 amide bonds. The van der Waals surface area contributed by atoms with Gasteiger partial charge in [0.1, 0.15) is 17.2 Å². The smallest absolute Gasteiger partial charge is 0.272 e. The summed E-state index contributed by atoms with van der Waals surface area (Å²) in [6, 6.07) is 30.5. The van der Waals surface area contributed by atoms with Crippen LogP contribution in [0.1, 0.15) is 43.1 Å². The predicted molar refractivity (Wildman–Crippen MR) is 181 cm³/mol. The molecule has 0 aliphatic heterocycles. The minimum atomic E-state index is -0.490. The highest BCUT2D eigenvalue weighted by Crippen LogP contribution is 2.29. The molecule has 8 nitrogen and oxygen atoms in total. The number of hydrogen-bond donors (Lipinski definition) is 3. The van der Waals surface area contributed by atoms with E-state index < -0.39 is 11.8 Å². The van der Waals surface area contributed by atoms with E-state index in [4.69, 9.17) is 9.47 Å². The maximum atomic E-state index is 13.5. The first-order valence-corrected chi connectivity index (χ1v) is 15.7. The number of ether oxygens (including phenoxy) is 2. The Hall–Kier alpha value is -5.02. The number of amides is 3. The van der Waals surface area contributed by atoms with Crippen molar-refractivity contribution in [2.75, 3.05) is 23.8 Å². The van der Waals surface area contributed by atoms with Crippen molar-refractivity contribution in [2.45, 2.75) is 37.3 Å². The van der Waals surface area contributed by atoms with Crippen molar-refractivity contribution >= 4 is 46.9 Å². The lowest BCUT2D eigenvalue weighted by molar-refractivity contribution is -0.116. The van der Waals surface area contributed by atoms with Crippen LogP contribution in [0.5, 0.6) is 11.5 Å². The number of benzene rings is 4. The van der Waals surface area contributed by atoms with Crippen LogP contribution in [0.3, 0.4) is 0 Å². The lowest BCUT2D eigenvalue weighted by Gasteiger charge is -2.16.